The number of halogens is 1. The van der Waals surface area contributed by atoms with Gasteiger partial charge in [-0.25, -0.2) is 4.98 Å². The highest BCUT2D eigenvalue weighted by Crippen LogP contribution is 2.20. The molecule has 3 rings (SSSR count). The first-order valence-corrected chi connectivity index (χ1v) is 7.88. The highest BCUT2D eigenvalue weighted by molar-refractivity contribution is 9.10. The lowest BCUT2D eigenvalue weighted by molar-refractivity contribution is 0.122. The lowest BCUT2D eigenvalue weighted by Gasteiger charge is -2.28. The molecular formula is C16H18BrN3O. The highest BCUT2D eigenvalue weighted by Gasteiger charge is 2.10. The van der Waals surface area contributed by atoms with Gasteiger partial charge >= 0.3 is 0 Å². The van der Waals surface area contributed by atoms with Gasteiger partial charge in [-0.1, -0.05) is 12.1 Å². The van der Waals surface area contributed by atoms with Gasteiger partial charge in [0.1, 0.15) is 4.60 Å². The van der Waals surface area contributed by atoms with Crippen molar-refractivity contribution in [3.05, 3.63) is 52.8 Å². The van der Waals surface area contributed by atoms with E-state index in [9.17, 15) is 0 Å². The Morgan fingerprint density at radius 2 is 1.90 bits per heavy atom. The van der Waals surface area contributed by atoms with Crippen molar-refractivity contribution in [2.24, 2.45) is 0 Å². The topological polar surface area (TPSA) is 37.4 Å². The molecule has 0 unspecified atom stereocenters. The van der Waals surface area contributed by atoms with E-state index >= 15 is 0 Å². The van der Waals surface area contributed by atoms with E-state index in [1.807, 2.05) is 12.1 Å². The molecule has 0 saturated carbocycles. The smallest absolute Gasteiger partial charge is 0.129 e. The summed E-state index contributed by atoms with van der Waals surface area (Å²) in [6, 6.07) is 12.6. The molecule has 1 aliphatic heterocycles. The van der Waals surface area contributed by atoms with Crippen molar-refractivity contribution in [1.29, 1.82) is 0 Å². The lowest BCUT2D eigenvalue weighted by Crippen LogP contribution is -2.36. The molecule has 4 nitrogen and oxygen atoms in total. The molecule has 2 heterocycles. The van der Waals surface area contributed by atoms with Crippen LogP contribution in [0, 0.1) is 0 Å². The monoisotopic (exact) mass is 347 g/mol. The number of anilines is 2. The second kappa shape index (κ2) is 6.91. The molecule has 0 radical (unpaired) electrons. The molecule has 0 bridgehead atoms. The fourth-order valence-corrected chi connectivity index (χ4v) is 2.75. The maximum atomic E-state index is 5.38. The zero-order valence-electron chi connectivity index (χ0n) is 11.8. The summed E-state index contributed by atoms with van der Waals surface area (Å²) in [4.78, 5) is 6.56. The van der Waals surface area contributed by atoms with Crippen LogP contribution in [0.1, 0.15) is 5.56 Å². The van der Waals surface area contributed by atoms with E-state index in [1.54, 1.807) is 6.20 Å². The fourth-order valence-electron chi connectivity index (χ4n) is 2.36. The largest absolute Gasteiger partial charge is 0.379 e. The normalized spacial score (nSPS) is 15.0. The van der Waals surface area contributed by atoms with Crippen molar-refractivity contribution in [2.75, 3.05) is 36.5 Å². The molecule has 1 saturated heterocycles. The predicted molar refractivity (Wildman–Crippen MR) is 88.7 cm³/mol. The number of pyridine rings is 1. The number of hydrogen-bond donors (Lipinski definition) is 1. The summed E-state index contributed by atoms with van der Waals surface area (Å²) in [5, 5.41) is 3.39. The maximum absolute atomic E-state index is 5.38. The third kappa shape index (κ3) is 3.74. The van der Waals surface area contributed by atoms with E-state index < -0.39 is 0 Å². The van der Waals surface area contributed by atoms with Gasteiger partial charge in [0.15, 0.2) is 0 Å². The molecule has 110 valence electrons. The summed E-state index contributed by atoms with van der Waals surface area (Å²) in [5.41, 5.74) is 3.53. The fraction of sp³-hybridized carbons (Fsp3) is 0.312. The predicted octanol–water partition coefficient (Wildman–Crippen LogP) is 3.29. The van der Waals surface area contributed by atoms with Crippen molar-refractivity contribution < 1.29 is 4.74 Å². The summed E-state index contributed by atoms with van der Waals surface area (Å²) in [5.74, 6) is 0. The molecule has 0 aliphatic carbocycles. The molecule has 1 aromatic carbocycles. The van der Waals surface area contributed by atoms with E-state index in [1.165, 1.54) is 11.3 Å². The van der Waals surface area contributed by atoms with Crippen LogP contribution in [-0.2, 0) is 11.3 Å². The Hall–Kier alpha value is -1.59. The zero-order valence-corrected chi connectivity index (χ0v) is 13.3. The van der Waals surface area contributed by atoms with Crippen LogP contribution < -0.4 is 10.2 Å². The van der Waals surface area contributed by atoms with Crippen molar-refractivity contribution in [1.82, 2.24) is 4.98 Å². The first-order valence-electron chi connectivity index (χ1n) is 7.09. The Balaban J connectivity index is 1.60. The van der Waals surface area contributed by atoms with E-state index in [0.29, 0.717) is 0 Å². The van der Waals surface area contributed by atoms with Gasteiger partial charge in [0.2, 0.25) is 0 Å². The Morgan fingerprint density at radius 1 is 1.14 bits per heavy atom. The highest BCUT2D eigenvalue weighted by atomic mass is 79.9. The molecule has 21 heavy (non-hydrogen) atoms. The Bertz CT molecular complexity index is 582. The average Bonchev–Trinajstić information content (AvgIpc) is 2.55. The summed E-state index contributed by atoms with van der Waals surface area (Å²) in [7, 11) is 0. The minimum absolute atomic E-state index is 0.785. The van der Waals surface area contributed by atoms with Gasteiger partial charge in [-0.05, 0) is 45.8 Å². The Labute approximate surface area is 133 Å². The van der Waals surface area contributed by atoms with Crippen molar-refractivity contribution in [3.8, 4) is 0 Å². The van der Waals surface area contributed by atoms with Crippen LogP contribution in [-0.4, -0.2) is 31.3 Å². The first kappa shape index (κ1) is 14.4. The van der Waals surface area contributed by atoms with Gasteiger partial charge in [-0.15, -0.1) is 0 Å². The summed E-state index contributed by atoms with van der Waals surface area (Å²) in [6.07, 6.45) is 1.77. The van der Waals surface area contributed by atoms with E-state index in [4.69, 9.17) is 4.74 Å². The second-order valence-corrected chi connectivity index (χ2v) is 5.71. The number of hydrogen-bond acceptors (Lipinski definition) is 4. The second-order valence-electron chi connectivity index (χ2n) is 4.96. The molecule has 1 aromatic heterocycles. The first-order chi connectivity index (χ1) is 10.3. The molecule has 0 spiro atoms. The maximum Gasteiger partial charge on any atom is 0.129 e. The molecule has 0 atom stereocenters. The van der Waals surface area contributed by atoms with Crippen LogP contribution in [0.3, 0.4) is 0 Å². The molecular weight excluding hydrogens is 330 g/mol. The van der Waals surface area contributed by atoms with Gasteiger partial charge in [-0.3, -0.25) is 0 Å². The van der Waals surface area contributed by atoms with Crippen molar-refractivity contribution >= 4 is 27.3 Å². The van der Waals surface area contributed by atoms with Crippen LogP contribution in [0.5, 0.6) is 0 Å². The summed E-state index contributed by atoms with van der Waals surface area (Å²) in [6.45, 7) is 4.37. The number of nitrogens with one attached hydrogen (secondary N) is 1. The third-order valence-corrected chi connectivity index (χ3v) is 4.19. The molecule has 1 N–H and O–H groups in total. The van der Waals surface area contributed by atoms with Gasteiger partial charge < -0.3 is 15.0 Å². The van der Waals surface area contributed by atoms with Crippen LogP contribution in [0.4, 0.5) is 11.4 Å². The number of benzene rings is 1. The van der Waals surface area contributed by atoms with Gasteiger partial charge in [0, 0.05) is 31.5 Å². The minimum Gasteiger partial charge on any atom is -0.379 e. The van der Waals surface area contributed by atoms with Crippen molar-refractivity contribution in [2.45, 2.75) is 6.54 Å². The lowest BCUT2D eigenvalue weighted by atomic mass is 10.2. The quantitative estimate of drug-likeness (QED) is 0.861. The van der Waals surface area contributed by atoms with Crippen molar-refractivity contribution in [3.63, 3.8) is 0 Å². The van der Waals surface area contributed by atoms with Gasteiger partial charge in [0.25, 0.3) is 0 Å². The number of nitrogens with zero attached hydrogens (tertiary/aromatic N) is 2. The van der Waals surface area contributed by atoms with Gasteiger partial charge in [0.05, 0.1) is 18.9 Å². The number of rotatable bonds is 4. The number of aromatic nitrogens is 1. The minimum atomic E-state index is 0.785. The average molecular weight is 348 g/mol. The van der Waals surface area contributed by atoms with E-state index in [2.05, 4.69) is 55.4 Å². The Morgan fingerprint density at radius 3 is 2.62 bits per heavy atom. The number of ether oxygens (including phenoxy) is 1. The van der Waals surface area contributed by atoms with Crippen LogP contribution in [0.2, 0.25) is 0 Å². The van der Waals surface area contributed by atoms with E-state index in [0.717, 1.165) is 43.1 Å². The standard InChI is InChI=1S/C16H18BrN3O/c17-16-15(2-1-7-18-16)19-12-13-3-5-14(6-4-13)20-8-10-21-11-9-20/h1-7,19H,8-12H2. The molecule has 0 amide bonds. The SMILES string of the molecule is Brc1ncccc1NCc1ccc(N2CCOCC2)cc1. The molecule has 1 fully saturated rings. The summed E-state index contributed by atoms with van der Waals surface area (Å²) < 4.78 is 6.22. The van der Waals surface area contributed by atoms with Gasteiger partial charge in [-0.2, -0.15) is 0 Å². The van der Waals surface area contributed by atoms with Crippen LogP contribution in [0.15, 0.2) is 47.2 Å². The molecule has 5 heteroatoms. The van der Waals surface area contributed by atoms with Crippen LogP contribution in [0.25, 0.3) is 0 Å². The van der Waals surface area contributed by atoms with E-state index in [-0.39, 0.29) is 0 Å². The molecule has 2 aromatic rings. The van der Waals surface area contributed by atoms with Crippen LogP contribution >= 0.6 is 15.9 Å². The third-order valence-electron chi connectivity index (χ3n) is 3.55. The Kier molecular flexibility index (Phi) is 4.72. The summed E-state index contributed by atoms with van der Waals surface area (Å²) >= 11 is 3.44. The zero-order chi connectivity index (χ0) is 14.5. The number of morpholine rings is 1. The molecule has 1 aliphatic rings.